The molecule has 1 aromatic heterocycles. The van der Waals surface area contributed by atoms with Gasteiger partial charge in [0.25, 0.3) is 5.00 Å². The summed E-state index contributed by atoms with van der Waals surface area (Å²) in [5, 5.41) is 10.1. The van der Waals surface area contributed by atoms with E-state index in [9.17, 15) is 0 Å². The third-order valence-electron chi connectivity index (χ3n) is 5.29. The largest absolute Gasteiger partial charge is 0.276 e. The summed E-state index contributed by atoms with van der Waals surface area (Å²) < 4.78 is 1.82. The number of fused-ring (bicyclic) bond motifs is 3. The SMILES string of the molecule is Clc1ccccc1C1=NCc2cc[s+](C3CCCC3)c2N2CN(Br)N=C12. The summed E-state index contributed by atoms with van der Waals surface area (Å²) in [6.45, 7) is 1.40. The number of halogens is 2. The molecule has 0 spiro atoms. The van der Waals surface area contributed by atoms with Gasteiger partial charge < -0.3 is 0 Å². The standard InChI is InChI=1S/C19H19BrClN4S/c20-25-12-24-18(23-25)17(15-7-3-4-8-16(15)21)22-11-13-9-10-26(19(13)24)14-5-1-2-6-14/h3-4,7-10,14H,1-2,5-6,11-12H2/q+1. The smallest absolute Gasteiger partial charge is 0.255 e. The summed E-state index contributed by atoms with van der Waals surface area (Å²) in [5.74, 6) is 0.902. The number of hydrogen-bond donors (Lipinski definition) is 0. The van der Waals surface area contributed by atoms with Crippen LogP contribution in [0, 0.1) is 0 Å². The van der Waals surface area contributed by atoms with Crippen LogP contribution in [-0.4, -0.2) is 22.3 Å². The van der Waals surface area contributed by atoms with E-state index < -0.39 is 0 Å². The maximum atomic E-state index is 6.49. The van der Waals surface area contributed by atoms with Gasteiger partial charge in [0.05, 0.1) is 33.3 Å². The Morgan fingerprint density at radius 2 is 1.96 bits per heavy atom. The number of nitrogens with zero attached hydrogens (tertiary/aromatic N) is 4. The highest BCUT2D eigenvalue weighted by Gasteiger charge is 2.41. The molecule has 0 saturated heterocycles. The Labute approximate surface area is 169 Å². The first-order valence-corrected chi connectivity index (χ1v) is 11.4. The van der Waals surface area contributed by atoms with Gasteiger partial charge in [-0.05, 0) is 31.7 Å². The lowest BCUT2D eigenvalue weighted by atomic mass is 10.1. The Kier molecular flexibility index (Phi) is 4.30. The van der Waals surface area contributed by atoms with Crippen molar-refractivity contribution in [3.8, 4) is 0 Å². The van der Waals surface area contributed by atoms with Crippen molar-refractivity contribution >= 4 is 54.8 Å². The molecule has 1 unspecified atom stereocenters. The van der Waals surface area contributed by atoms with Crippen molar-refractivity contribution in [3.63, 3.8) is 0 Å². The fourth-order valence-corrected chi connectivity index (χ4v) is 7.33. The van der Waals surface area contributed by atoms with E-state index in [4.69, 9.17) is 21.7 Å². The molecule has 1 atom stereocenters. The molecular formula is C19H19BrClN4S+. The first-order valence-electron chi connectivity index (χ1n) is 8.95. The fourth-order valence-electron chi connectivity index (χ4n) is 4.08. The molecular weight excluding hydrogens is 432 g/mol. The van der Waals surface area contributed by atoms with Gasteiger partial charge in [-0.15, -0.1) is 5.10 Å². The van der Waals surface area contributed by atoms with Crippen LogP contribution in [0.5, 0.6) is 0 Å². The molecule has 1 aliphatic carbocycles. The second kappa shape index (κ2) is 6.66. The average molecular weight is 451 g/mol. The van der Waals surface area contributed by atoms with Crippen LogP contribution in [0.4, 0.5) is 5.00 Å². The van der Waals surface area contributed by atoms with Crippen molar-refractivity contribution in [2.45, 2.75) is 37.5 Å². The van der Waals surface area contributed by atoms with Crippen LogP contribution < -0.4 is 4.90 Å². The maximum Gasteiger partial charge on any atom is 0.255 e. The summed E-state index contributed by atoms with van der Waals surface area (Å²) in [6.07, 6.45) is 5.39. The van der Waals surface area contributed by atoms with E-state index in [0.29, 0.717) is 18.2 Å². The zero-order chi connectivity index (χ0) is 17.7. The maximum absolute atomic E-state index is 6.49. The Balaban J connectivity index is 1.63. The molecule has 5 rings (SSSR count). The molecule has 2 aromatic rings. The monoisotopic (exact) mass is 449 g/mol. The number of hydrogen-bond acceptors (Lipinski definition) is 4. The molecule has 0 bridgehead atoms. The lowest BCUT2D eigenvalue weighted by molar-refractivity contribution is 0.575. The zero-order valence-corrected chi connectivity index (χ0v) is 17.4. The van der Waals surface area contributed by atoms with Gasteiger partial charge in [0.1, 0.15) is 23.0 Å². The lowest BCUT2D eigenvalue weighted by Crippen LogP contribution is -2.34. The molecule has 3 aliphatic rings. The van der Waals surface area contributed by atoms with Gasteiger partial charge in [0.2, 0.25) is 0 Å². The van der Waals surface area contributed by atoms with Crippen molar-refractivity contribution in [3.05, 3.63) is 51.9 Å². The molecule has 3 heterocycles. The van der Waals surface area contributed by atoms with Gasteiger partial charge in [-0.25, -0.2) is 4.03 Å². The fraction of sp³-hybridized carbons (Fsp3) is 0.368. The normalized spacial score (nSPS) is 20.6. The summed E-state index contributed by atoms with van der Waals surface area (Å²) in [5.41, 5.74) is 3.17. The van der Waals surface area contributed by atoms with Gasteiger partial charge in [-0.1, -0.05) is 29.8 Å². The Hall–Kier alpha value is -1.37. The van der Waals surface area contributed by atoms with Crippen LogP contribution >= 0.6 is 38.2 Å². The van der Waals surface area contributed by atoms with E-state index >= 15 is 0 Å². The number of thiophene rings is 1. The molecule has 26 heavy (non-hydrogen) atoms. The van der Waals surface area contributed by atoms with Crippen LogP contribution in [0.2, 0.25) is 5.02 Å². The first kappa shape index (κ1) is 16.8. The van der Waals surface area contributed by atoms with Crippen molar-refractivity contribution in [1.82, 2.24) is 4.03 Å². The van der Waals surface area contributed by atoms with Gasteiger partial charge in [-0.2, -0.15) is 0 Å². The minimum Gasteiger partial charge on any atom is -0.276 e. The predicted molar refractivity (Wildman–Crippen MR) is 114 cm³/mol. The van der Waals surface area contributed by atoms with E-state index in [-0.39, 0.29) is 10.5 Å². The van der Waals surface area contributed by atoms with Crippen molar-refractivity contribution < 1.29 is 0 Å². The van der Waals surface area contributed by atoms with Crippen molar-refractivity contribution in [2.24, 2.45) is 10.1 Å². The van der Waals surface area contributed by atoms with E-state index in [2.05, 4.69) is 32.5 Å². The molecule has 1 saturated carbocycles. The number of rotatable bonds is 2. The van der Waals surface area contributed by atoms with Gasteiger partial charge in [0, 0.05) is 22.1 Å². The third-order valence-corrected chi connectivity index (χ3v) is 8.55. The van der Waals surface area contributed by atoms with E-state index in [0.717, 1.165) is 22.4 Å². The quantitative estimate of drug-likeness (QED) is 0.421. The molecule has 1 fully saturated rings. The molecule has 2 aliphatic heterocycles. The van der Waals surface area contributed by atoms with Crippen LogP contribution in [0.25, 0.3) is 0 Å². The third kappa shape index (κ3) is 2.70. The van der Waals surface area contributed by atoms with Gasteiger partial charge in [-0.3, -0.25) is 9.89 Å². The summed E-state index contributed by atoms with van der Waals surface area (Å²) >= 11 is 10.0. The Morgan fingerprint density at radius 1 is 1.15 bits per heavy atom. The Morgan fingerprint density at radius 3 is 2.77 bits per heavy atom. The highest BCUT2D eigenvalue weighted by molar-refractivity contribution is 9.07. The number of benzene rings is 1. The van der Waals surface area contributed by atoms with Gasteiger partial charge in [0.15, 0.2) is 5.84 Å². The summed E-state index contributed by atoms with van der Waals surface area (Å²) in [7, 11) is 0.158. The number of hydrazone groups is 1. The van der Waals surface area contributed by atoms with Crippen molar-refractivity contribution in [2.75, 3.05) is 11.6 Å². The Bertz CT molecular complexity index is 916. The van der Waals surface area contributed by atoms with Crippen LogP contribution in [0.1, 0.15) is 42.1 Å². The molecule has 7 heteroatoms. The second-order valence-electron chi connectivity index (χ2n) is 6.89. The predicted octanol–water partition coefficient (Wildman–Crippen LogP) is 5.91. The first-order chi connectivity index (χ1) is 12.7. The zero-order valence-electron chi connectivity index (χ0n) is 14.2. The molecule has 4 nitrogen and oxygen atoms in total. The minimum atomic E-state index is 0.158. The van der Waals surface area contributed by atoms with E-state index in [1.54, 1.807) is 0 Å². The van der Waals surface area contributed by atoms with E-state index in [1.165, 1.54) is 36.2 Å². The number of anilines is 1. The van der Waals surface area contributed by atoms with E-state index in [1.807, 2.05) is 28.3 Å². The molecule has 0 amide bonds. The second-order valence-corrected chi connectivity index (χ2v) is 10.2. The highest BCUT2D eigenvalue weighted by Crippen LogP contribution is 2.53. The van der Waals surface area contributed by atoms with Gasteiger partial charge >= 0.3 is 0 Å². The topological polar surface area (TPSA) is 31.2 Å². The minimum absolute atomic E-state index is 0.158. The number of aliphatic imine (C=N–C) groups is 1. The lowest BCUT2D eigenvalue weighted by Gasteiger charge is -2.17. The molecule has 134 valence electrons. The number of amidine groups is 1. The summed E-state index contributed by atoms with van der Waals surface area (Å²) in [6, 6.07) is 10.2. The molecule has 0 radical (unpaired) electrons. The van der Waals surface area contributed by atoms with Crippen LogP contribution in [-0.2, 0) is 6.54 Å². The molecule has 1 aromatic carbocycles. The highest BCUT2D eigenvalue weighted by atomic mass is 79.9. The summed E-state index contributed by atoms with van der Waals surface area (Å²) in [4.78, 5) is 7.29. The average Bonchev–Trinajstić information content (AvgIpc) is 3.34. The van der Waals surface area contributed by atoms with Crippen molar-refractivity contribution in [1.29, 1.82) is 0 Å². The van der Waals surface area contributed by atoms with Crippen LogP contribution in [0.3, 0.4) is 0 Å². The van der Waals surface area contributed by atoms with Crippen LogP contribution in [0.15, 0.2) is 45.8 Å². The molecule has 0 N–H and O–H groups in total.